The van der Waals surface area contributed by atoms with E-state index >= 15 is 0 Å². The Labute approximate surface area is 74.7 Å². The number of hydrogen-bond donors (Lipinski definition) is 1. The molecule has 0 aromatic carbocycles. The van der Waals surface area contributed by atoms with Crippen LogP contribution in [0.3, 0.4) is 0 Å². The van der Waals surface area contributed by atoms with Crippen molar-refractivity contribution in [3.63, 3.8) is 0 Å². The second-order valence-corrected chi connectivity index (χ2v) is 5.21. The fourth-order valence-corrected chi connectivity index (χ4v) is 2.32. The summed E-state index contributed by atoms with van der Waals surface area (Å²) in [5, 5.41) is 3.43. The summed E-state index contributed by atoms with van der Waals surface area (Å²) in [5.41, 5.74) is 0.613. The minimum Gasteiger partial charge on any atom is -0.371 e. The number of fused-ring (bicyclic) bond motifs is 2. The molecule has 2 nitrogen and oxygen atoms in total. The van der Waals surface area contributed by atoms with Gasteiger partial charge in [0.2, 0.25) is 0 Å². The van der Waals surface area contributed by atoms with Gasteiger partial charge in [-0.3, -0.25) is 0 Å². The maximum absolute atomic E-state index is 5.97. The summed E-state index contributed by atoms with van der Waals surface area (Å²) in [6, 6.07) is 0. The average molecular weight is 169 g/mol. The summed E-state index contributed by atoms with van der Waals surface area (Å²) in [6.45, 7) is 11.3. The maximum atomic E-state index is 5.97. The number of morpholine rings is 1. The first-order valence-electron chi connectivity index (χ1n) is 4.82. The molecule has 2 atom stereocenters. The molecule has 0 amide bonds. The SMILES string of the molecule is CC1(C)C2CNCC(O2)C1(C)C. The zero-order chi connectivity index (χ0) is 8.98. The predicted octanol–water partition coefficient (Wildman–Crippen LogP) is 1.41. The van der Waals surface area contributed by atoms with Crippen LogP contribution in [0.15, 0.2) is 0 Å². The van der Waals surface area contributed by atoms with Gasteiger partial charge in [-0.25, -0.2) is 0 Å². The van der Waals surface area contributed by atoms with Crippen LogP contribution in [0, 0.1) is 10.8 Å². The Bertz CT molecular complexity index is 178. The van der Waals surface area contributed by atoms with Gasteiger partial charge in [-0.2, -0.15) is 0 Å². The smallest absolute Gasteiger partial charge is 0.0761 e. The van der Waals surface area contributed by atoms with E-state index in [2.05, 4.69) is 33.0 Å². The highest BCUT2D eigenvalue weighted by atomic mass is 16.5. The van der Waals surface area contributed by atoms with Gasteiger partial charge in [0.15, 0.2) is 0 Å². The third kappa shape index (κ3) is 0.826. The number of rotatable bonds is 0. The second kappa shape index (κ2) is 2.24. The number of nitrogens with one attached hydrogen (secondary N) is 1. The Balaban J connectivity index is 2.35. The molecule has 2 heterocycles. The van der Waals surface area contributed by atoms with Crippen molar-refractivity contribution in [2.75, 3.05) is 13.1 Å². The van der Waals surface area contributed by atoms with Crippen molar-refractivity contribution >= 4 is 0 Å². The van der Waals surface area contributed by atoms with Crippen LogP contribution in [0.1, 0.15) is 27.7 Å². The van der Waals surface area contributed by atoms with Crippen LogP contribution < -0.4 is 5.32 Å². The normalized spacial score (nSPS) is 43.0. The molecule has 2 unspecified atom stereocenters. The zero-order valence-corrected chi connectivity index (χ0v) is 8.48. The van der Waals surface area contributed by atoms with Crippen LogP contribution in [0.2, 0.25) is 0 Å². The minimum absolute atomic E-state index is 0.307. The first-order chi connectivity index (χ1) is 5.46. The molecule has 2 saturated heterocycles. The molecule has 2 aliphatic rings. The van der Waals surface area contributed by atoms with Crippen molar-refractivity contribution in [3.8, 4) is 0 Å². The molecule has 2 rings (SSSR count). The van der Waals surface area contributed by atoms with Gasteiger partial charge in [0.05, 0.1) is 12.2 Å². The number of hydrogen-bond acceptors (Lipinski definition) is 2. The van der Waals surface area contributed by atoms with Crippen LogP contribution >= 0.6 is 0 Å². The molecule has 0 saturated carbocycles. The highest BCUT2D eigenvalue weighted by Crippen LogP contribution is 2.53. The fourth-order valence-electron chi connectivity index (χ4n) is 2.32. The van der Waals surface area contributed by atoms with Gasteiger partial charge in [-0.15, -0.1) is 0 Å². The van der Waals surface area contributed by atoms with Crippen LogP contribution in [0.4, 0.5) is 0 Å². The van der Waals surface area contributed by atoms with Crippen molar-refractivity contribution in [2.45, 2.75) is 39.9 Å². The molecule has 0 aliphatic carbocycles. The Morgan fingerprint density at radius 2 is 1.42 bits per heavy atom. The third-order valence-electron chi connectivity index (χ3n) is 4.26. The van der Waals surface area contributed by atoms with Gasteiger partial charge in [0, 0.05) is 13.1 Å². The monoisotopic (exact) mass is 169 g/mol. The van der Waals surface area contributed by atoms with Crippen LogP contribution in [-0.4, -0.2) is 25.3 Å². The molecular formula is C10H19NO. The van der Waals surface area contributed by atoms with Gasteiger partial charge in [-0.05, 0) is 10.8 Å². The summed E-state index contributed by atoms with van der Waals surface area (Å²) < 4.78 is 5.97. The Morgan fingerprint density at radius 3 is 1.75 bits per heavy atom. The molecular weight excluding hydrogens is 150 g/mol. The van der Waals surface area contributed by atoms with E-state index in [-0.39, 0.29) is 0 Å². The van der Waals surface area contributed by atoms with E-state index in [4.69, 9.17) is 4.74 Å². The van der Waals surface area contributed by atoms with E-state index in [9.17, 15) is 0 Å². The molecule has 0 radical (unpaired) electrons. The van der Waals surface area contributed by atoms with Crippen LogP contribution in [-0.2, 0) is 4.74 Å². The van der Waals surface area contributed by atoms with Crippen molar-refractivity contribution < 1.29 is 4.74 Å². The molecule has 0 aromatic heterocycles. The fraction of sp³-hybridized carbons (Fsp3) is 1.00. The molecule has 2 aliphatic heterocycles. The second-order valence-electron chi connectivity index (χ2n) is 5.21. The summed E-state index contributed by atoms with van der Waals surface area (Å²) in [6.07, 6.45) is 0.817. The van der Waals surface area contributed by atoms with E-state index in [1.165, 1.54) is 0 Å². The lowest BCUT2D eigenvalue weighted by Gasteiger charge is -2.36. The summed E-state index contributed by atoms with van der Waals surface area (Å²) >= 11 is 0. The maximum Gasteiger partial charge on any atom is 0.0761 e. The van der Waals surface area contributed by atoms with E-state index in [1.54, 1.807) is 0 Å². The lowest BCUT2D eigenvalue weighted by atomic mass is 9.65. The molecule has 0 spiro atoms. The lowest BCUT2D eigenvalue weighted by Crippen LogP contribution is -2.41. The van der Waals surface area contributed by atoms with E-state index in [1.807, 2.05) is 0 Å². The topological polar surface area (TPSA) is 21.3 Å². The van der Waals surface area contributed by atoms with E-state index in [0.29, 0.717) is 23.0 Å². The third-order valence-corrected chi connectivity index (χ3v) is 4.26. The average Bonchev–Trinajstić information content (AvgIpc) is 2.13. The Morgan fingerprint density at radius 1 is 1.00 bits per heavy atom. The zero-order valence-electron chi connectivity index (χ0n) is 8.48. The lowest BCUT2D eigenvalue weighted by molar-refractivity contribution is -0.0105. The minimum atomic E-state index is 0.307. The molecule has 2 bridgehead atoms. The molecule has 0 aromatic rings. The van der Waals surface area contributed by atoms with E-state index < -0.39 is 0 Å². The largest absolute Gasteiger partial charge is 0.371 e. The molecule has 1 N–H and O–H groups in total. The van der Waals surface area contributed by atoms with Crippen LogP contribution in [0.5, 0.6) is 0 Å². The van der Waals surface area contributed by atoms with Crippen molar-refractivity contribution in [1.82, 2.24) is 5.32 Å². The highest BCUT2D eigenvalue weighted by Gasteiger charge is 2.57. The van der Waals surface area contributed by atoms with Gasteiger partial charge >= 0.3 is 0 Å². The molecule has 70 valence electrons. The van der Waals surface area contributed by atoms with Crippen molar-refractivity contribution in [3.05, 3.63) is 0 Å². The van der Waals surface area contributed by atoms with Crippen LogP contribution in [0.25, 0.3) is 0 Å². The van der Waals surface area contributed by atoms with Gasteiger partial charge in [0.25, 0.3) is 0 Å². The van der Waals surface area contributed by atoms with Crippen molar-refractivity contribution in [1.29, 1.82) is 0 Å². The standard InChI is InChI=1S/C10H19NO/c1-9(2)7-5-11-6-8(12-7)10(9,3)4/h7-8,11H,5-6H2,1-4H3. The van der Waals surface area contributed by atoms with Gasteiger partial charge in [0.1, 0.15) is 0 Å². The Kier molecular flexibility index (Phi) is 1.59. The first-order valence-corrected chi connectivity index (χ1v) is 4.82. The molecule has 2 heteroatoms. The Hall–Kier alpha value is -0.0800. The first kappa shape index (κ1) is 8.52. The number of ether oxygens (including phenoxy) is 1. The summed E-state index contributed by atoms with van der Waals surface area (Å²) in [4.78, 5) is 0. The van der Waals surface area contributed by atoms with Gasteiger partial charge < -0.3 is 10.1 Å². The molecule has 2 fully saturated rings. The van der Waals surface area contributed by atoms with Crippen molar-refractivity contribution in [2.24, 2.45) is 10.8 Å². The summed E-state index contributed by atoms with van der Waals surface area (Å²) in [7, 11) is 0. The van der Waals surface area contributed by atoms with E-state index in [0.717, 1.165) is 13.1 Å². The highest BCUT2D eigenvalue weighted by molar-refractivity contribution is 5.06. The molecule has 12 heavy (non-hydrogen) atoms. The predicted molar refractivity (Wildman–Crippen MR) is 49.1 cm³/mol. The quantitative estimate of drug-likeness (QED) is 0.592. The summed E-state index contributed by atoms with van der Waals surface area (Å²) in [5.74, 6) is 0. The van der Waals surface area contributed by atoms with Gasteiger partial charge in [-0.1, -0.05) is 27.7 Å².